The highest BCUT2D eigenvalue weighted by Gasteiger charge is 2.14. The van der Waals surface area contributed by atoms with Crippen molar-refractivity contribution in [1.82, 2.24) is 4.90 Å². The minimum absolute atomic E-state index is 0.214. The van der Waals surface area contributed by atoms with Crippen LogP contribution < -0.4 is 0 Å². The molecule has 0 atom stereocenters. The van der Waals surface area contributed by atoms with Crippen LogP contribution in [-0.2, 0) is 4.79 Å². The van der Waals surface area contributed by atoms with Gasteiger partial charge < -0.3 is 4.90 Å². The third-order valence-corrected chi connectivity index (χ3v) is 1.30. The zero-order valence-corrected chi connectivity index (χ0v) is 7.18. The lowest BCUT2D eigenvalue weighted by Gasteiger charge is -2.29. The molecular formula is C8H17NO. The van der Waals surface area contributed by atoms with Crippen LogP contribution in [0.1, 0.15) is 33.6 Å². The molecule has 1 aliphatic heterocycles. The summed E-state index contributed by atoms with van der Waals surface area (Å²) < 4.78 is 0. The van der Waals surface area contributed by atoms with E-state index < -0.39 is 0 Å². The number of carbonyl (C=O) groups excluding carboxylic acids is 1. The first-order chi connectivity index (χ1) is 4.72. The van der Waals surface area contributed by atoms with Crippen molar-refractivity contribution in [3.8, 4) is 0 Å². The molecular weight excluding hydrogens is 126 g/mol. The molecule has 0 unspecified atom stereocenters. The molecule has 10 heavy (non-hydrogen) atoms. The van der Waals surface area contributed by atoms with Crippen LogP contribution in [0.2, 0.25) is 0 Å². The summed E-state index contributed by atoms with van der Waals surface area (Å²) in [7, 11) is 0. The van der Waals surface area contributed by atoms with Gasteiger partial charge in [-0.3, -0.25) is 4.79 Å². The molecule has 1 fully saturated rings. The summed E-state index contributed by atoms with van der Waals surface area (Å²) in [6.45, 7) is 7.82. The maximum Gasteiger partial charge on any atom is 0.219 e. The number of hydrogen-bond donors (Lipinski definition) is 0. The van der Waals surface area contributed by atoms with E-state index >= 15 is 0 Å². The fraction of sp³-hybridized carbons (Fsp3) is 0.875. The van der Waals surface area contributed by atoms with Gasteiger partial charge in [-0.25, -0.2) is 0 Å². The largest absolute Gasteiger partial charge is 0.343 e. The number of hydrogen-bond acceptors (Lipinski definition) is 1. The number of rotatable bonds is 0. The third-order valence-electron chi connectivity index (χ3n) is 1.30. The highest BCUT2D eigenvalue weighted by atomic mass is 16.2. The minimum Gasteiger partial charge on any atom is -0.343 e. The van der Waals surface area contributed by atoms with Gasteiger partial charge in [0.1, 0.15) is 0 Å². The zero-order chi connectivity index (χ0) is 7.98. The molecule has 1 aliphatic rings. The van der Waals surface area contributed by atoms with Crippen LogP contribution in [0.25, 0.3) is 0 Å². The van der Waals surface area contributed by atoms with Crippen molar-refractivity contribution in [2.24, 2.45) is 0 Å². The Morgan fingerprint density at radius 2 is 1.80 bits per heavy atom. The van der Waals surface area contributed by atoms with Gasteiger partial charge in [0, 0.05) is 20.0 Å². The molecule has 1 saturated heterocycles. The molecule has 0 aromatic rings. The van der Waals surface area contributed by atoms with Gasteiger partial charge in [0.05, 0.1) is 0 Å². The summed E-state index contributed by atoms with van der Waals surface area (Å²) >= 11 is 0. The quantitative estimate of drug-likeness (QED) is 0.505. The van der Waals surface area contributed by atoms with Crippen LogP contribution in [0.15, 0.2) is 0 Å². The van der Waals surface area contributed by atoms with Gasteiger partial charge in [-0.1, -0.05) is 20.3 Å². The summed E-state index contributed by atoms with van der Waals surface area (Å²) in [5, 5.41) is 0. The topological polar surface area (TPSA) is 20.3 Å². The highest BCUT2D eigenvalue weighted by Crippen LogP contribution is 2.03. The molecule has 0 aromatic heterocycles. The van der Waals surface area contributed by atoms with E-state index in [0.717, 1.165) is 13.1 Å². The second kappa shape index (κ2) is 5.27. The van der Waals surface area contributed by atoms with E-state index in [1.807, 2.05) is 4.90 Å². The van der Waals surface area contributed by atoms with Gasteiger partial charge >= 0.3 is 0 Å². The van der Waals surface area contributed by atoms with E-state index in [1.165, 1.54) is 12.8 Å². The minimum atomic E-state index is 0.214. The Labute approximate surface area is 63.2 Å². The van der Waals surface area contributed by atoms with E-state index in [1.54, 1.807) is 6.92 Å². The lowest BCUT2D eigenvalue weighted by Crippen LogP contribution is -2.40. The van der Waals surface area contributed by atoms with Gasteiger partial charge in [-0.15, -0.1) is 0 Å². The number of carbonyl (C=O) groups is 1. The Kier molecular flexibility index (Phi) is 4.99. The predicted octanol–water partition coefficient (Wildman–Crippen LogP) is 1.65. The van der Waals surface area contributed by atoms with Crippen molar-refractivity contribution in [3.63, 3.8) is 0 Å². The molecule has 2 heteroatoms. The summed E-state index contributed by atoms with van der Waals surface area (Å²) in [6, 6.07) is 0. The zero-order valence-electron chi connectivity index (χ0n) is 7.18. The lowest BCUT2D eigenvalue weighted by molar-refractivity contribution is -0.132. The van der Waals surface area contributed by atoms with Gasteiger partial charge in [0.2, 0.25) is 5.91 Å². The first-order valence-electron chi connectivity index (χ1n) is 3.97. The van der Waals surface area contributed by atoms with Crippen molar-refractivity contribution in [3.05, 3.63) is 0 Å². The van der Waals surface area contributed by atoms with Gasteiger partial charge in [-0.05, 0) is 6.42 Å². The number of likely N-dealkylation sites (tertiary alicyclic amines) is 1. The lowest BCUT2D eigenvalue weighted by atomic mass is 10.2. The molecule has 1 rings (SSSR count). The molecule has 0 radical (unpaired) electrons. The molecule has 0 aromatic carbocycles. The van der Waals surface area contributed by atoms with Crippen molar-refractivity contribution in [2.75, 3.05) is 13.1 Å². The average Bonchev–Trinajstić information content (AvgIpc) is 1.59. The van der Waals surface area contributed by atoms with Crippen LogP contribution in [0, 0.1) is 0 Å². The van der Waals surface area contributed by atoms with Crippen molar-refractivity contribution >= 4 is 5.91 Å². The van der Waals surface area contributed by atoms with E-state index in [-0.39, 0.29) is 5.91 Å². The Morgan fingerprint density at radius 1 is 1.40 bits per heavy atom. The summed E-state index contributed by atoms with van der Waals surface area (Å²) in [5.74, 6) is 0.214. The third kappa shape index (κ3) is 3.49. The maximum atomic E-state index is 10.4. The Hall–Kier alpha value is -0.530. The molecule has 0 N–H and O–H groups in total. The predicted molar refractivity (Wildman–Crippen MR) is 42.8 cm³/mol. The molecule has 60 valence electrons. The fourth-order valence-electron chi connectivity index (χ4n) is 0.631. The standard InChI is InChI=1S/C5H9NO.C3H8/c1-5(7)6-3-2-4-6;1-3-2/h2-4H2,1H3;3H2,1-2H3. The van der Waals surface area contributed by atoms with E-state index in [4.69, 9.17) is 0 Å². The first kappa shape index (κ1) is 9.47. The second-order valence-electron chi connectivity index (χ2n) is 2.57. The molecule has 0 saturated carbocycles. The SMILES string of the molecule is CC(=O)N1CCC1.CCC. The summed E-state index contributed by atoms with van der Waals surface area (Å²) in [6.07, 6.45) is 2.44. The summed E-state index contributed by atoms with van der Waals surface area (Å²) in [5.41, 5.74) is 0. The van der Waals surface area contributed by atoms with Gasteiger partial charge in [0.25, 0.3) is 0 Å². The maximum absolute atomic E-state index is 10.4. The van der Waals surface area contributed by atoms with Crippen LogP contribution in [0.3, 0.4) is 0 Å². The Morgan fingerprint density at radius 3 is 1.80 bits per heavy atom. The molecule has 1 amide bonds. The van der Waals surface area contributed by atoms with Gasteiger partial charge in [0.15, 0.2) is 0 Å². The van der Waals surface area contributed by atoms with Crippen molar-refractivity contribution < 1.29 is 4.79 Å². The molecule has 0 aliphatic carbocycles. The first-order valence-corrected chi connectivity index (χ1v) is 3.97. The fourth-order valence-corrected chi connectivity index (χ4v) is 0.631. The van der Waals surface area contributed by atoms with E-state index in [9.17, 15) is 4.79 Å². The molecule has 1 heterocycles. The Balaban J connectivity index is 0.000000236. The molecule has 0 bridgehead atoms. The molecule has 2 nitrogen and oxygen atoms in total. The number of amides is 1. The second-order valence-corrected chi connectivity index (χ2v) is 2.57. The monoisotopic (exact) mass is 143 g/mol. The molecule has 0 spiro atoms. The average molecular weight is 143 g/mol. The normalized spacial score (nSPS) is 14.9. The van der Waals surface area contributed by atoms with Crippen LogP contribution in [0.5, 0.6) is 0 Å². The summed E-state index contributed by atoms with van der Waals surface area (Å²) in [4.78, 5) is 12.2. The van der Waals surface area contributed by atoms with Crippen LogP contribution in [-0.4, -0.2) is 23.9 Å². The van der Waals surface area contributed by atoms with Crippen molar-refractivity contribution in [1.29, 1.82) is 0 Å². The van der Waals surface area contributed by atoms with E-state index in [2.05, 4.69) is 13.8 Å². The van der Waals surface area contributed by atoms with Crippen LogP contribution >= 0.6 is 0 Å². The smallest absolute Gasteiger partial charge is 0.219 e. The Bertz CT molecular complexity index is 97.4. The number of nitrogens with zero attached hydrogens (tertiary/aromatic N) is 1. The van der Waals surface area contributed by atoms with Gasteiger partial charge in [-0.2, -0.15) is 0 Å². The van der Waals surface area contributed by atoms with Crippen molar-refractivity contribution in [2.45, 2.75) is 33.6 Å². The van der Waals surface area contributed by atoms with E-state index in [0.29, 0.717) is 0 Å². The highest BCUT2D eigenvalue weighted by molar-refractivity contribution is 5.73. The van der Waals surface area contributed by atoms with Crippen LogP contribution in [0.4, 0.5) is 0 Å².